The van der Waals surface area contributed by atoms with E-state index in [1.54, 1.807) is 0 Å². The highest BCUT2D eigenvalue weighted by Gasteiger charge is 2.12. The Labute approximate surface area is 77.2 Å². The van der Waals surface area contributed by atoms with E-state index in [0.717, 1.165) is 5.56 Å². The summed E-state index contributed by atoms with van der Waals surface area (Å²) in [7, 11) is 0. The van der Waals surface area contributed by atoms with Crippen LogP contribution in [0.15, 0.2) is 30.3 Å². The van der Waals surface area contributed by atoms with E-state index in [9.17, 15) is 4.79 Å². The van der Waals surface area contributed by atoms with E-state index in [1.807, 2.05) is 30.3 Å². The van der Waals surface area contributed by atoms with Crippen LogP contribution < -0.4 is 5.73 Å². The van der Waals surface area contributed by atoms with Crippen LogP contribution in [-0.2, 0) is 4.79 Å². The standard InChI is InChI=1S/C10H13NO2/c11-10(13)6-9(7-12)8-4-2-1-3-5-8/h1-5,9,12H,6-7H2,(H2,11,13). The first-order valence-electron chi connectivity index (χ1n) is 4.18. The van der Waals surface area contributed by atoms with Gasteiger partial charge >= 0.3 is 0 Å². The minimum atomic E-state index is -0.386. The Morgan fingerprint density at radius 3 is 2.46 bits per heavy atom. The van der Waals surface area contributed by atoms with Crippen molar-refractivity contribution in [3.63, 3.8) is 0 Å². The third-order valence-corrected chi connectivity index (χ3v) is 1.94. The summed E-state index contributed by atoms with van der Waals surface area (Å²) in [4.78, 5) is 10.7. The van der Waals surface area contributed by atoms with E-state index >= 15 is 0 Å². The summed E-state index contributed by atoms with van der Waals surface area (Å²) < 4.78 is 0. The molecule has 3 nitrogen and oxygen atoms in total. The second-order valence-electron chi connectivity index (χ2n) is 2.96. The monoisotopic (exact) mass is 179 g/mol. The largest absolute Gasteiger partial charge is 0.396 e. The molecule has 3 heteroatoms. The van der Waals surface area contributed by atoms with Crippen molar-refractivity contribution in [2.75, 3.05) is 6.61 Å². The number of hydrogen-bond acceptors (Lipinski definition) is 2. The van der Waals surface area contributed by atoms with Gasteiger partial charge in [-0.2, -0.15) is 0 Å². The van der Waals surface area contributed by atoms with Crippen molar-refractivity contribution in [3.05, 3.63) is 35.9 Å². The van der Waals surface area contributed by atoms with E-state index in [-0.39, 0.29) is 24.9 Å². The zero-order valence-corrected chi connectivity index (χ0v) is 7.31. The zero-order valence-electron chi connectivity index (χ0n) is 7.31. The predicted molar refractivity (Wildman–Crippen MR) is 50.1 cm³/mol. The van der Waals surface area contributed by atoms with Gasteiger partial charge in [0.15, 0.2) is 0 Å². The number of carbonyl (C=O) groups is 1. The number of rotatable bonds is 4. The quantitative estimate of drug-likeness (QED) is 0.712. The molecule has 0 fully saturated rings. The van der Waals surface area contributed by atoms with Crippen LogP contribution in [0.4, 0.5) is 0 Å². The lowest BCUT2D eigenvalue weighted by atomic mass is 9.96. The maximum absolute atomic E-state index is 10.7. The lowest BCUT2D eigenvalue weighted by molar-refractivity contribution is -0.118. The maximum Gasteiger partial charge on any atom is 0.218 e. The molecule has 0 spiro atoms. The summed E-state index contributed by atoms with van der Waals surface area (Å²) >= 11 is 0. The Hall–Kier alpha value is -1.35. The molecule has 13 heavy (non-hydrogen) atoms. The van der Waals surface area contributed by atoms with Crippen molar-refractivity contribution in [2.45, 2.75) is 12.3 Å². The highest BCUT2D eigenvalue weighted by Crippen LogP contribution is 2.17. The van der Waals surface area contributed by atoms with Crippen LogP contribution in [0.3, 0.4) is 0 Å². The minimum Gasteiger partial charge on any atom is -0.396 e. The fourth-order valence-corrected chi connectivity index (χ4v) is 1.26. The lowest BCUT2D eigenvalue weighted by Gasteiger charge is -2.11. The molecule has 1 amide bonds. The Morgan fingerprint density at radius 2 is 2.00 bits per heavy atom. The SMILES string of the molecule is NC(=O)CC(CO)c1ccccc1. The molecule has 1 unspecified atom stereocenters. The molecular formula is C10H13NO2. The summed E-state index contributed by atoms with van der Waals surface area (Å²) in [6, 6.07) is 9.40. The van der Waals surface area contributed by atoms with Gasteiger partial charge in [0, 0.05) is 12.3 Å². The number of aliphatic hydroxyl groups is 1. The lowest BCUT2D eigenvalue weighted by Crippen LogP contribution is -2.17. The van der Waals surface area contributed by atoms with Crippen LogP contribution in [-0.4, -0.2) is 17.6 Å². The van der Waals surface area contributed by atoms with Crippen molar-refractivity contribution in [2.24, 2.45) is 5.73 Å². The predicted octanol–water partition coefficient (Wildman–Crippen LogP) is 0.638. The van der Waals surface area contributed by atoms with Gasteiger partial charge < -0.3 is 10.8 Å². The molecule has 0 radical (unpaired) electrons. The molecule has 3 N–H and O–H groups in total. The van der Waals surface area contributed by atoms with Gasteiger partial charge in [-0.1, -0.05) is 30.3 Å². The molecule has 0 saturated heterocycles. The van der Waals surface area contributed by atoms with Crippen molar-refractivity contribution >= 4 is 5.91 Å². The highest BCUT2D eigenvalue weighted by molar-refractivity contribution is 5.74. The Kier molecular flexibility index (Phi) is 3.46. The molecule has 1 aromatic carbocycles. The van der Waals surface area contributed by atoms with Crippen LogP contribution in [0.1, 0.15) is 17.9 Å². The van der Waals surface area contributed by atoms with Crippen LogP contribution >= 0.6 is 0 Å². The average Bonchev–Trinajstić information content (AvgIpc) is 2.15. The van der Waals surface area contributed by atoms with Crippen LogP contribution in [0.2, 0.25) is 0 Å². The number of primary amides is 1. The molecule has 0 aliphatic heterocycles. The van der Waals surface area contributed by atoms with E-state index in [1.165, 1.54) is 0 Å². The van der Waals surface area contributed by atoms with Gasteiger partial charge in [0.1, 0.15) is 0 Å². The van der Waals surface area contributed by atoms with Gasteiger partial charge in [0.25, 0.3) is 0 Å². The third kappa shape index (κ3) is 2.87. The number of amides is 1. The van der Waals surface area contributed by atoms with E-state index < -0.39 is 0 Å². The summed E-state index contributed by atoms with van der Waals surface area (Å²) in [6.07, 6.45) is 0.195. The summed E-state index contributed by atoms with van der Waals surface area (Å²) in [5.41, 5.74) is 6.00. The van der Waals surface area contributed by atoms with Gasteiger partial charge in [-0.15, -0.1) is 0 Å². The molecule has 0 aliphatic carbocycles. The zero-order chi connectivity index (χ0) is 9.68. The fourth-order valence-electron chi connectivity index (χ4n) is 1.26. The molecule has 1 atom stereocenters. The molecule has 1 aromatic rings. The molecule has 0 saturated carbocycles. The first kappa shape index (κ1) is 9.74. The molecule has 0 heterocycles. The van der Waals surface area contributed by atoms with E-state index in [0.29, 0.717) is 0 Å². The molecule has 0 aromatic heterocycles. The van der Waals surface area contributed by atoms with Crippen molar-refractivity contribution in [3.8, 4) is 0 Å². The van der Waals surface area contributed by atoms with Gasteiger partial charge in [0.2, 0.25) is 5.91 Å². The van der Waals surface area contributed by atoms with Gasteiger partial charge in [-0.25, -0.2) is 0 Å². The smallest absolute Gasteiger partial charge is 0.218 e. The van der Waals surface area contributed by atoms with Crippen molar-refractivity contribution in [1.82, 2.24) is 0 Å². The van der Waals surface area contributed by atoms with E-state index in [4.69, 9.17) is 10.8 Å². The average molecular weight is 179 g/mol. The number of carbonyl (C=O) groups excluding carboxylic acids is 1. The highest BCUT2D eigenvalue weighted by atomic mass is 16.3. The molecule has 0 bridgehead atoms. The second-order valence-corrected chi connectivity index (χ2v) is 2.96. The number of benzene rings is 1. The maximum atomic E-state index is 10.7. The number of nitrogens with two attached hydrogens (primary N) is 1. The van der Waals surface area contributed by atoms with Gasteiger partial charge in [0.05, 0.1) is 6.61 Å². The molecule has 70 valence electrons. The summed E-state index contributed by atoms with van der Waals surface area (Å²) in [5, 5.41) is 9.02. The third-order valence-electron chi connectivity index (χ3n) is 1.94. The van der Waals surface area contributed by atoms with Crippen molar-refractivity contribution in [1.29, 1.82) is 0 Å². The van der Waals surface area contributed by atoms with Crippen molar-refractivity contribution < 1.29 is 9.90 Å². The number of hydrogen-bond donors (Lipinski definition) is 2. The second kappa shape index (κ2) is 4.62. The summed E-state index contributed by atoms with van der Waals surface area (Å²) in [6.45, 7) is -0.0487. The van der Waals surface area contributed by atoms with Gasteiger partial charge in [-0.05, 0) is 5.56 Å². The minimum absolute atomic E-state index is 0.0487. The van der Waals surface area contributed by atoms with Crippen LogP contribution in [0.5, 0.6) is 0 Å². The van der Waals surface area contributed by atoms with Crippen LogP contribution in [0.25, 0.3) is 0 Å². The topological polar surface area (TPSA) is 63.3 Å². The molecule has 0 aliphatic rings. The first-order valence-corrected chi connectivity index (χ1v) is 4.18. The molecular weight excluding hydrogens is 166 g/mol. The first-order chi connectivity index (χ1) is 6.24. The van der Waals surface area contributed by atoms with E-state index in [2.05, 4.69) is 0 Å². The Balaban J connectivity index is 2.73. The Bertz CT molecular complexity index is 272. The van der Waals surface area contributed by atoms with Gasteiger partial charge in [-0.3, -0.25) is 4.79 Å². The van der Waals surface area contributed by atoms with Crippen LogP contribution in [0, 0.1) is 0 Å². The fraction of sp³-hybridized carbons (Fsp3) is 0.300. The Morgan fingerprint density at radius 1 is 1.38 bits per heavy atom. The molecule has 1 rings (SSSR count). The summed E-state index contributed by atoms with van der Waals surface area (Å²) in [5.74, 6) is -0.554. The normalized spacial score (nSPS) is 12.4. The number of aliphatic hydroxyl groups excluding tert-OH is 1.